The van der Waals surface area contributed by atoms with Gasteiger partial charge in [-0.05, 0) is 35.4 Å². The zero-order chi connectivity index (χ0) is 22.7. The molecular formula is C21H20ClN5O3S2. The molecule has 1 aliphatic heterocycles. The monoisotopic (exact) mass is 489 g/mol. The second-order valence-corrected chi connectivity index (χ2v) is 9.49. The molecule has 1 amide bonds. The number of amides is 1. The normalized spacial score (nSPS) is 15.5. The number of nitrogens with zero attached hydrogens (tertiary/aromatic N) is 4. The largest absolute Gasteiger partial charge is 0.493 e. The summed E-state index contributed by atoms with van der Waals surface area (Å²) in [4.78, 5) is 13.2. The molecule has 2 heterocycles. The lowest BCUT2D eigenvalue weighted by Gasteiger charge is -2.22. The van der Waals surface area contributed by atoms with Crippen LogP contribution in [0.2, 0.25) is 5.02 Å². The number of benzene rings is 2. The fourth-order valence-corrected chi connectivity index (χ4v) is 4.96. The summed E-state index contributed by atoms with van der Waals surface area (Å²) >= 11 is 8.57. The number of hydrogen-bond acceptors (Lipinski definition) is 9. The Morgan fingerprint density at radius 3 is 2.59 bits per heavy atom. The molecule has 0 aliphatic carbocycles. The Morgan fingerprint density at radius 1 is 1.19 bits per heavy atom. The molecule has 3 aromatic rings. The van der Waals surface area contributed by atoms with Gasteiger partial charge in [0.1, 0.15) is 0 Å². The van der Waals surface area contributed by atoms with Crippen LogP contribution < -0.4 is 15.2 Å². The Hall–Kier alpha value is -2.82. The lowest BCUT2D eigenvalue weighted by atomic mass is 9.98. The van der Waals surface area contributed by atoms with Gasteiger partial charge in [0.25, 0.3) is 5.91 Å². The minimum Gasteiger partial charge on any atom is -0.493 e. The van der Waals surface area contributed by atoms with E-state index in [-0.39, 0.29) is 17.7 Å². The quantitative estimate of drug-likeness (QED) is 0.494. The molecule has 32 heavy (non-hydrogen) atoms. The summed E-state index contributed by atoms with van der Waals surface area (Å²) in [6.07, 6.45) is 0.555. The third-order valence-electron chi connectivity index (χ3n) is 4.88. The van der Waals surface area contributed by atoms with E-state index in [1.165, 1.54) is 28.1 Å². The zero-order valence-electron chi connectivity index (χ0n) is 17.3. The maximum atomic E-state index is 13.2. The molecule has 1 atom stereocenters. The summed E-state index contributed by atoms with van der Waals surface area (Å²) in [5.41, 5.74) is 8.25. The van der Waals surface area contributed by atoms with Crippen molar-refractivity contribution in [2.75, 3.05) is 25.7 Å². The van der Waals surface area contributed by atoms with E-state index < -0.39 is 0 Å². The van der Waals surface area contributed by atoms with Gasteiger partial charge in [0.15, 0.2) is 15.8 Å². The molecule has 2 aromatic carbocycles. The molecule has 0 saturated heterocycles. The number of aromatic nitrogens is 2. The highest BCUT2D eigenvalue weighted by Crippen LogP contribution is 2.38. The van der Waals surface area contributed by atoms with Crippen molar-refractivity contribution in [3.8, 4) is 11.5 Å². The van der Waals surface area contributed by atoms with Gasteiger partial charge in [0.2, 0.25) is 5.13 Å². The maximum Gasteiger partial charge on any atom is 0.253 e. The first kappa shape index (κ1) is 22.4. The van der Waals surface area contributed by atoms with Gasteiger partial charge in [-0.15, -0.1) is 10.2 Å². The average molecular weight is 490 g/mol. The molecule has 11 heteroatoms. The van der Waals surface area contributed by atoms with Gasteiger partial charge in [-0.2, -0.15) is 5.10 Å². The maximum absolute atomic E-state index is 13.2. The van der Waals surface area contributed by atoms with Gasteiger partial charge < -0.3 is 15.2 Å². The minimum atomic E-state index is -0.284. The van der Waals surface area contributed by atoms with Gasteiger partial charge in [-0.3, -0.25) is 4.79 Å². The van der Waals surface area contributed by atoms with E-state index in [9.17, 15) is 4.79 Å². The number of nitrogen functional groups attached to an aromatic ring is 1. The van der Waals surface area contributed by atoms with Gasteiger partial charge in [0, 0.05) is 11.4 Å². The van der Waals surface area contributed by atoms with E-state index in [0.29, 0.717) is 32.4 Å². The highest BCUT2D eigenvalue weighted by atomic mass is 35.5. The topological polar surface area (TPSA) is 103 Å². The summed E-state index contributed by atoms with van der Waals surface area (Å²) in [5.74, 6) is 1.23. The number of methoxy groups -OCH3 is 2. The van der Waals surface area contributed by atoms with Gasteiger partial charge in [-0.1, -0.05) is 52.9 Å². The third-order valence-corrected chi connectivity index (χ3v) is 7.00. The Bertz CT molecular complexity index is 1150. The number of ether oxygens (including phenoxy) is 2. The molecule has 2 N–H and O–H groups in total. The Labute approximate surface area is 198 Å². The predicted molar refractivity (Wildman–Crippen MR) is 127 cm³/mol. The lowest BCUT2D eigenvalue weighted by Crippen LogP contribution is -2.28. The first-order valence-corrected chi connectivity index (χ1v) is 11.8. The number of hydrogen-bond donors (Lipinski definition) is 1. The predicted octanol–water partition coefficient (Wildman–Crippen LogP) is 4.26. The highest BCUT2D eigenvalue weighted by molar-refractivity contribution is 8.01. The summed E-state index contributed by atoms with van der Waals surface area (Å²) in [6, 6.07) is 12.8. The van der Waals surface area contributed by atoms with Crippen LogP contribution in [0, 0.1) is 0 Å². The van der Waals surface area contributed by atoms with Crippen LogP contribution in [0.25, 0.3) is 0 Å². The molecule has 8 nitrogen and oxygen atoms in total. The Kier molecular flexibility index (Phi) is 6.83. The van der Waals surface area contributed by atoms with Crippen LogP contribution in [-0.2, 0) is 4.79 Å². The van der Waals surface area contributed by atoms with E-state index >= 15 is 0 Å². The van der Waals surface area contributed by atoms with Gasteiger partial charge in [0.05, 0.1) is 31.7 Å². The van der Waals surface area contributed by atoms with Crippen molar-refractivity contribution in [3.63, 3.8) is 0 Å². The lowest BCUT2D eigenvalue weighted by molar-refractivity contribution is -0.130. The van der Waals surface area contributed by atoms with Crippen LogP contribution >= 0.6 is 34.7 Å². The minimum absolute atomic E-state index is 0.146. The van der Waals surface area contributed by atoms with E-state index in [1.807, 2.05) is 42.5 Å². The number of nitrogens with two attached hydrogens (primary N) is 1. The number of thioether (sulfide) groups is 1. The molecule has 4 rings (SSSR count). The summed E-state index contributed by atoms with van der Waals surface area (Å²) < 4.78 is 11.4. The Balaban J connectivity index is 1.62. The fraction of sp³-hybridized carbons (Fsp3) is 0.238. The number of hydrazone groups is 1. The molecule has 1 unspecified atom stereocenters. The Morgan fingerprint density at radius 2 is 1.94 bits per heavy atom. The summed E-state index contributed by atoms with van der Waals surface area (Å²) in [6.45, 7) is 0. The summed E-state index contributed by atoms with van der Waals surface area (Å²) in [7, 11) is 3.17. The second-order valence-electron chi connectivity index (χ2n) is 6.82. The van der Waals surface area contributed by atoms with Crippen molar-refractivity contribution in [1.82, 2.24) is 15.2 Å². The van der Waals surface area contributed by atoms with Crippen molar-refractivity contribution in [3.05, 3.63) is 58.6 Å². The van der Waals surface area contributed by atoms with Crippen LogP contribution in [0.15, 0.2) is 51.9 Å². The molecule has 0 saturated carbocycles. The van der Waals surface area contributed by atoms with Crippen molar-refractivity contribution in [1.29, 1.82) is 0 Å². The number of carbonyl (C=O) groups excluding carboxylic acids is 1. The van der Waals surface area contributed by atoms with Gasteiger partial charge in [-0.25, -0.2) is 5.01 Å². The first-order chi connectivity index (χ1) is 15.5. The average Bonchev–Trinajstić information content (AvgIpc) is 3.44. The number of halogens is 1. The molecular weight excluding hydrogens is 470 g/mol. The summed E-state index contributed by atoms with van der Waals surface area (Å²) in [5, 5.41) is 15.0. The molecule has 166 valence electrons. The van der Waals surface area contributed by atoms with Crippen molar-refractivity contribution >= 4 is 51.5 Å². The number of rotatable bonds is 7. The van der Waals surface area contributed by atoms with Crippen LogP contribution in [0.3, 0.4) is 0 Å². The van der Waals surface area contributed by atoms with E-state index in [0.717, 1.165) is 16.8 Å². The number of carbonyl (C=O) groups is 1. The second kappa shape index (κ2) is 9.76. The van der Waals surface area contributed by atoms with Crippen molar-refractivity contribution < 1.29 is 14.3 Å². The first-order valence-electron chi connectivity index (χ1n) is 9.57. The highest BCUT2D eigenvalue weighted by Gasteiger charge is 2.33. The van der Waals surface area contributed by atoms with Crippen molar-refractivity contribution in [2.24, 2.45) is 5.10 Å². The third kappa shape index (κ3) is 4.82. The smallest absolute Gasteiger partial charge is 0.253 e. The molecule has 0 spiro atoms. The van der Waals surface area contributed by atoms with Gasteiger partial charge >= 0.3 is 0 Å². The van der Waals surface area contributed by atoms with E-state index in [4.69, 9.17) is 26.8 Å². The number of anilines is 1. The fourth-order valence-electron chi connectivity index (χ4n) is 3.35. The van der Waals surface area contributed by atoms with Crippen LogP contribution in [0.4, 0.5) is 5.13 Å². The van der Waals surface area contributed by atoms with Crippen LogP contribution in [0.5, 0.6) is 11.5 Å². The van der Waals surface area contributed by atoms with Crippen LogP contribution in [0.1, 0.15) is 23.6 Å². The zero-order valence-corrected chi connectivity index (χ0v) is 19.7. The molecule has 1 aliphatic rings. The molecule has 1 aromatic heterocycles. The van der Waals surface area contributed by atoms with E-state index in [2.05, 4.69) is 15.3 Å². The SMILES string of the molecule is COc1ccc(C2CC(c3ccc(Cl)cc3)=NN2C(=O)CSc2nnc(N)s2)cc1OC. The molecule has 0 radical (unpaired) electrons. The molecule has 0 fully saturated rings. The molecule has 0 bridgehead atoms. The van der Waals surface area contributed by atoms with Crippen molar-refractivity contribution in [2.45, 2.75) is 16.8 Å². The standard InChI is InChI=1S/C21H20ClN5O3S2/c1-29-17-8-5-13(9-18(17)30-2)16-10-15(12-3-6-14(22)7-4-12)26-27(16)19(28)11-31-21-25-24-20(23)32-21/h3-9,16H,10-11H2,1-2H3,(H2,23,24). The van der Waals surface area contributed by atoms with E-state index in [1.54, 1.807) is 14.2 Å². The van der Waals surface area contributed by atoms with Crippen LogP contribution in [-0.4, -0.2) is 46.8 Å².